The van der Waals surface area contributed by atoms with Gasteiger partial charge in [0.2, 0.25) is 0 Å². The molecule has 0 aromatic carbocycles. The van der Waals surface area contributed by atoms with Crippen LogP contribution in [0.4, 0.5) is 0 Å². The van der Waals surface area contributed by atoms with Crippen molar-refractivity contribution in [3.63, 3.8) is 0 Å². The molecule has 0 saturated heterocycles. The van der Waals surface area contributed by atoms with Gasteiger partial charge in [-0.1, -0.05) is 20.8 Å². The zero-order valence-electron chi connectivity index (χ0n) is 13.0. The topological polar surface area (TPSA) is 84.2 Å². The number of rotatable bonds is 3. The molecule has 1 aliphatic carbocycles. The van der Waals surface area contributed by atoms with Crippen LogP contribution in [0.1, 0.15) is 44.1 Å². The standard InChI is InChI=1S/C15H23N3O3/c1-9-11(6-5-10(14(20)21)15(9,2)3)17-13(19)12-7-18(4)8-16-12/h7-11H,5-6H2,1-4H3,(H,17,19)(H,20,21). The summed E-state index contributed by atoms with van der Waals surface area (Å²) in [6.07, 6.45) is 4.53. The van der Waals surface area contributed by atoms with Crippen molar-refractivity contribution in [2.75, 3.05) is 0 Å². The molecule has 116 valence electrons. The smallest absolute Gasteiger partial charge is 0.307 e. The monoisotopic (exact) mass is 293 g/mol. The van der Waals surface area contributed by atoms with Gasteiger partial charge in [0, 0.05) is 19.3 Å². The van der Waals surface area contributed by atoms with Crippen molar-refractivity contribution in [1.82, 2.24) is 14.9 Å². The molecule has 1 aromatic rings. The molecule has 1 amide bonds. The van der Waals surface area contributed by atoms with Crippen LogP contribution in [-0.4, -0.2) is 32.6 Å². The summed E-state index contributed by atoms with van der Waals surface area (Å²) in [5.41, 5.74) is 0.0365. The lowest BCUT2D eigenvalue weighted by Gasteiger charge is -2.46. The van der Waals surface area contributed by atoms with E-state index < -0.39 is 5.97 Å². The summed E-state index contributed by atoms with van der Waals surface area (Å²) in [5.74, 6) is -1.23. The van der Waals surface area contributed by atoms with Crippen LogP contribution in [0.25, 0.3) is 0 Å². The van der Waals surface area contributed by atoms with Crippen LogP contribution in [0.2, 0.25) is 0 Å². The zero-order chi connectivity index (χ0) is 15.8. The Morgan fingerprint density at radius 1 is 1.43 bits per heavy atom. The van der Waals surface area contributed by atoms with Crippen LogP contribution in [0.3, 0.4) is 0 Å². The van der Waals surface area contributed by atoms with Crippen LogP contribution >= 0.6 is 0 Å². The van der Waals surface area contributed by atoms with E-state index in [1.807, 2.05) is 27.8 Å². The number of carbonyl (C=O) groups excluding carboxylic acids is 1. The fraction of sp³-hybridized carbons (Fsp3) is 0.667. The molecule has 1 heterocycles. The van der Waals surface area contributed by atoms with Crippen molar-refractivity contribution < 1.29 is 14.7 Å². The first-order chi connectivity index (χ1) is 9.73. The van der Waals surface area contributed by atoms with E-state index in [0.717, 1.165) is 0 Å². The average Bonchev–Trinajstić information content (AvgIpc) is 2.81. The minimum atomic E-state index is -0.749. The first-order valence-electron chi connectivity index (χ1n) is 7.25. The summed E-state index contributed by atoms with van der Waals surface area (Å²) in [6, 6.07) is -0.0230. The quantitative estimate of drug-likeness (QED) is 0.888. The maximum absolute atomic E-state index is 12.2. The van der Waals surface area contributed by atoms with Crippen molar-refractivity contribution in [2.24, 2.45) is 24.3 Å². The lowest BCUT2D eigenvalue weighted by molar-refractivity contribution is -0.150. The molecule has 3 atom stereocenters. The van der Waals surface area contributed by atoms with Crippen LogP contribution in [0, 0.1) is 17.3 Å². The number of aromatic nitrogens is 2. The third kappa shape index (κ3) is 2.94. The molecular weight excluding hydrogens is 270 g/mol. The number of carboxylic acids is 1. The molecule has 2 rings (SSSR count). The lowest BCUT2D eigenvalue weighted by atomic mass is 9.61. The minimum absolute atomic E-state index is 0.0230. The van der Waals surface area contributed by atoms with E-state index in [-0.39, 0.29) is 29.2 Å². The fourth-order valence-corrected chi connectivity index (χ4v) is 3.22. The van der Waals surface area contributed by atoms with Gasteiger partial charge in [-0.3, -0.25) is 9.59 Å². The number of nitrogens with zero attached hydrogens (tertiary/aromatic N) is 2. The van der Waals surface area contributed by atoms with Gasteiger partial charge in [-0.05, 0) is 24.2 Å². The first kappa shape index (κ1) is 15.5. The number of amides is 1. The molecule has 1 aromatic heterocycles. The highest BCUT2D eigenvalue weighted by Gasteiger charge is 2.46. The molecule has 1 fully saturated rings. The van der Waals surface area contributed by atoms with Crippen molar-refractivity contribution in [3.8, 4) is 0 Å². The van der Waals surface area contributed by atoms with E-state index in [9.17, 15) is 14.7 Å². The first-order valence-corrected chi connectivity index (χ1v) is 7.25. The van der Waals surface area contributed by atoms with Gasteiger partial charge < -0.3 is 15.0 Å². The highest BCUT2D eigenvalue weighted by molar-refractivity contribution is 5.92. The number of nitrogens with one attached hydrogen (secondary N) is 1. The number of carbonyl (C=O) groups is 2. The van der Waals surface area contributed by atoms with Crippen molar-refractivity contribution >= 4 is 11.9 Å². The summed E-state index contributed by atoms with van der Waals surface area (Å²) in [5, 5.41) is 12.3. The third-order valence-corrected chi connectivity index (χ3v) is 4.99. The Morgan fingerprint density at radius 3 is 2.62 bits per heavy atom. The molecule has 0 aliphatic heterocycles. The fourth-order valence-electron chi connectivity index (χ4n) is 3.22. The van der Waals surface area contributed by atoms with Gasteiger partial charge >= 0.3 is 5.97 Å². The summed E-state index contributed by atoms with van der Waals surface area (Å²) in [6.45, 7) is 5.95. The van der Waals surface area contributed by atoms with Gasteiger partial charge in [-0.2, -0.15) is 0 Å². The molecule has 21 heavy (non-hydrogen) atoms. The lowest BCUT2D eigenvalue weighted by Crippen LogP contribution is -2.52. The Kier molecular flexibility index (Phi) is 4.07. The van der Waals surface area contributed by atoms with Gasteiger partial charge in [0.25, 0.3) is 5.91 Å². The van der Waals surface area contributed by atoms with Crippen LogP contribution in [0.5, 0.6) is 0 Å². The van der Waals surface area contributed by atoms with Crippen molar-refractivity contribution in [2.45, 2.75) is 39.7 Å². The number of aryl methyl sites for hydroxylation is 1. The Morgan fingerprint density at radius 2 is 2.10 bits per heavy atom. The SMILES string of the molecule is CC1C(NC(=O)c2cn(C)cn2)CCC(C(=O)O)C1(C)C. The van der Waals surface area contributed by atoms with Crippen LogP contribution in [0.15, 0.2) is 12.5 Å². The molecule has 0 radical (unpaired) electrons. The highest BCUT2D eigenvalue weighted by atomic mass is 16.4. The Balaban J connectivity index is 2.09. The second kappa shape index (κ2) is 5.50. The second-order valence-corrected chi connectivity index (χ2v) is 6.58. The van der Waals surface area contributed by atoms with Crippen molar-refractivity contribution in [1.29, 1.82) is 0 Å². The third-order valence-electron chi connectivity index (χ3n) is 4.99. The molecule has 1 aliphatic rings. The van der Waals surface area contributed by atoms with E-state index in [4.69, 9.17) is 0 Å². The van der Waals surface area contributed by atoms with Gasteiger partial charge in [0.1, 0.15) is 5.69 Å². The summed E-state index contributed by atoms with van der Waals surface area (Å²) in [4.78, 5) is 27.6. The van der Waals surface area contributed by atoms with E-state index in [0.29, 0.717) is 18.5 Å². The summed E-state index contributed by atoms with van der Waals surface area (Å²) >= 11 is 0. The summed E-state index contributed by atoms with van der Waals surface area (Å²) < 4.78 is 1.73. The Hall–Kier alpha value is -1.85. The van der Waals surface area contributed by atoms with Crippen LogP contribution in [-0.2, 0) is 11.8 Å². The second-order valence-electron chi connectivity index (χ2n) is 6.58. The maximum Gasteiger partial charge on any atom is 0.307 e. The normalized spacial score (nSPS) is 28.1. The molecule has 0 bridgehead atoms. The molecule has 0 spiro atoms. The predicted octanol–water partition coefficient (Wildman–Crippen LogP) is 1.68. The van der Waals surface area contributed by atoms with Gasteiger partial charge in [-0.15, -0.1) is 0 Å². The number of aliphatic carboxylic acids is 1. The van der Waals surface area contributed by atoms with E-state index in [1.165, 1.54) is 0 Å². The maximum atomic E-state index is 12.2. The number of imidazole rings is 1. The van der Waals surface area contributed by atoms with Crippen LogP contribution < -0.4 is 5.32 Å². The van der Waals surface area contributed by atoms with Gasteiger partial charge in [0.05, 0.1) is 12.2 Å². The van der Waals surface area contributed by atoms with E-state index >= 15 is 0 Å². The molecule has 2 N–H and O–H groups in total. The predicted molar refractivity (Wildman–Crippen MR) is 77.8 cm³/mol. The van der Waals surface area contributed by atoms with E-state index in [2.05, 4.69) is 10.3 Å². The van der Waals surface area contributed by atoms with Gasteiger partial charge in [-0.25, -0.2) is 4.98 Å². The Labute approximate surface area is 124 Å². The van der Waals surface area contributed by atoms with Crippen molar-refractivity contribution in [3.05, 3.63) is 18.2 Å². The molecule has 3 unspecified atom stereocenters. The molecule has 1 saturated carbocycles. The van der Waals surface area contributed by atoms with Gasteiger partial charge in [0.15, 0.2) is 0 Å². The average molecular weight is 293 g/mol. The molecule has 6 nitrogen and oxygen atoms in total. The molecule has 6 heteroatoms. The largest absolute Gasteiger partial charge is 0.481 e. The minimum Gasteiger partial charge on any atom is -0.481 e. The molecular formula is C15H23N3O3. The highest BCUT2D eigenvalue weighted by Crippen LogP contribution is 2.45. The van der Waals surface area contributed by atoms with E-state index in [1.54, 1.807) is 17.1 Å². The Bertz CT molecular complexity index is 550. The number of carboxylic acid groups (broad SMARTS) is 1. The zero-order valence-corrected chi connectivity index (χ0v) is 13.0. The number of hydrogen-bond donors (Lipinski definition) is 2. The number of hydrogen-bond acceptors (Lipinski definition) is 3. The summed E-state index contributed by atoms with van der Waals surface area (Å²) in [7, 11) is 1.81.